The van der Waals surface area contributed by atoms with Crippen molar-refractivity contribution in [3.63, 3.8) is 0 Å². The molecule has 0 bridgehead atoms. The van der Waals surface area contributed by atoms with E-state index < -0.39 is 15.9 Å². The number of nitrogens with zero attached hydrogens (tertiary/aromatic N) is 2. The highest BCUT2D eigenvalue weighted by Gasteiger charge is 2.30. The number of hydrogen-bond acceptors (Lipinski definition) is 4. The van der Waals surface area contributed by atoms with E-state index in [1.807, 2.05) is 4.90 Å². The standard InChI is InChI=1S/C13H25N3O3S/c1-12(13(17)15-7-3-2-4-8-15)11-20(18,19)16-9-5-14-6-10-16/h12,14H,2-11H2,1H3. The van der Waals surface area contributed by atoms with Gasteiger partial charge < -0.3 is 10.2 Å². The Morgan fingerprint density at radius 1 is 1.10 bits per heavy atom. The van der Waals surface area contributed by atoms with Crippen molar-refractivity contribution in [1.29, 1.82) is 0 Å². The number of piperidine rings is 1. The first-order chi connectivity index (χ1) is 9.50. The van der Waals surface area contributed by atoms with Crippen LogP contribution in [0.3, 0.4) is 0 Å². The molecule has 2 aliphatic heterocycles. The van der Waals surface area contributed by atoms with E-state index in [-0.39, 0.29) is 11.7 Å². The van der Waals surface area contributed by atoms with Gasteiger partial charge >= 0.3 is 0 Å². The number of amides is 1. The highest BCUT2D eigenvalue weighted by Crippen LogP contribution is 2.15. The zero-order valence-corrected chi connectivity index (χ0v) is 13.0. The van der Waals surface area contributed by atoms with E-state index in [4.69, 9.17) is 0 Å². The fraction of sp³-hybridized carbons (Fsp3) is 0.923. The molecule has 1 unspecified atom stereocenters. The Bertz CT molecular complexity index is 426. The summed E-state index contributed by atoms with van der Waals surface area (Å²) in [4.78, 5) is 14.1. The molecule has 0 aromatic heterocycles. The van der Waals surface area contributed by atoms with Gasteiger partial charge in [-0.1, -0.05) is 6.92 Å². The fourth-order valence-electron chi connectivity index (χ4n) is 2.84. The quantitative estimate of drug-likeness (QED) is 0.785. The SMILES string of the molecule is CC(CS(=O)(=O)N1CCNCC1)C(=O)N1CCCCC1. The van der Waals surface area contributed by atoms with Gasteiger partial charge in [-0.25, -0.2) is 8.42 Å². The monoisotopic (exact) mass is 303 g/mol. The molecule has 1 atom stereocenters. The van der Waals surface area contributed by atoms with Gasteiger partial charge in [0, 0.05) is 39.3 Å². The lowest BCUT2D eigenvalue weighted by atomic mass is 10.1. The van der Waals surface area contributed by atoms with Crippen LogP contribution in [-0.4, -0.2) is 68.6 Å². The normalized spacial score (nSPS) is 23.6. The predicted molar refractivity (Wildman–Crippen MR) is 77.8 cm³/mol. The molecule has 1 amide bonds. The summed E-state index contributed by atoms with van der Waals surface area (Å²) in [6.45, 7) is 5.67. The molecule has 116 valence electrons. The molecule has 6 nitrogen and oxygen atoms in total. The van der Waals surface area contributed by atoms with Gasteiger partial charge in [0.15, 0.2) is 0 Å². The second kappa shape index (κ2) is 6.87. The van der Waals surface area contributed by atoms with Crippen molar-refractivity contribution in [3.05, 3.63) is 0 Å². The molecule has 2 saturated heterocycles. The highest BCUT2D eigenvalue weighted by atomic mass is 32.2. The van der Waals surface area contributed by atoms with E-state index in [9.17, 15) is 13.2 Å². The first-order valence-electron chi connectivity index (χ1n) is 7.48. The van der Waals surface area contributed by atoms with Crippen LogP contribution in [0.4, 0.5) is 0 Å². The van der Waals surface area contributed by atoms with E-state index in [0.717, 1.165) is 32.4 Å². The number of carbonyl (C=O) groups excluding carboxylic acids is 1. The number of hydrogen-bond donors (Lipinski definition) is 1. The van der Waals surface area contributed by atoms with E-state index in [0.29, 0.717) is 26.2 Å². The highest BCUT2D eigenvalue weighted by molar-refractivity contribution is 7.89. The number of piperazine rings is 1. The summed E-state index contributed by atoms with van der Waals surface area (Å²) in [6, 6.07) is 0. The molecule has 0 spiro atoms. The molecule has 0 aromatic rings. The minimum atomic E-state index is -3.32. The van der Waals surface area contributed by atoms with E-state index in [1.54, 1.807) is 6.92 Å². The topological polar surface area (TPSA) is 69.7 Å². The smallest absolute Gasteiger partial charge is 0.226 e. The summed E-state index contributed by atoms with van der Waals surface area (Å²) in [5.74, 6) is -0.529. The third kappa shape index (κ3) is 3.93. The Hall–Kier alpha value is -0.660. The summed E-state index contributed by atoms with van der Waals surface area (Å²) >= 11 is 0. The van der Waals surface area contributed by atoms with Crippen LogP contribution in [0.15, 0.2) is 0 Å². The molecule has 0 saturated carbocycles. The molecule has 2 fully saturated rings. The van der Waals surface area contributed by atoms with Gasteiger partial charge in [-0.2, -0.15) is 4.31 Å². The minimum absolute atomic E-state index is 0.0107. The molecule has 0 radical (unpaired) electrons. The van der Waals surface area contributed by atoms with Gasteiger partial charge in [0.2, 0.25) is 15.9 Å². The van der Waals surface area contributed by atoms with Gasteiger partial charge in [0.05, 0.1) is 11.7 Å². The molecule has 2 aliphatic rings. The van der Waals surface area contributed by atoms with Crippen LogP contribution < -0.4 is 5.32 Å². The molecular formula is C13H25N3O3S. The average Bonchev–Trinajstić information content (AvgIpc) is 2.48. The van der Waals surface area contributed by atoms with Gasteiger partial charge in [0.25, 0.3) is 0 Å². The molecule has 2 rings (SSSR count). The van der Waals surface area contributed by atoms with Crippen molar-refractivity contribution in [1.82, 2.24) is 14.5 Å². The number of sulfonamides is 1. The second-order valence-corrected chi connectivity index (χ2v) is 7.73. The Morgan fingerprint density at radius 3 is 2.30 bits per heavy atom. The Labute approximate surface area is 121 Å². The summed E-state index contributed by atoms with van der Waals surface area (Å²) in [7, 11) is -3.32. The zero-order chi connectivity index (χ0) is 14.6. The lowest BCUT2D eigenvalue weighted by Crippen LogP contribution is -2.49. The molecule has 1 N–H and O–H groups in total. The number of carbonyl (C=O) groups is 1. The number of nitrogens with one attached hydrogen (secondary N) is 1. The third-order valence-corrected chi connectivity index (χ3v) is 6.09. The Balaban J connectivity index is 1.91. The lowest BCUT2D eigenvalue weighted by Gasteiger charge is -2.31. The zero-order valence-electron chi connectivity index (χ0n) is 12.2. The Kier molecular flexibility index (Phi) is 5.40. The van der Waals surface area contributed by atoms with Crippen molar-refractivity contribution in [2.75, 3.05) is 45.0 Å². The van der Waals surface area contributed by atoms with Crippen molar-refractivity contribution >= 4 is 15.9 Å². The Morgan fingerprint density at radius 2 is 1.70 bits per heavy atom. The van der Waals surface area contributed by atoms with Crippen LogP contribution in [0.2, 0.25) is 0 Å². The number of rotatable bonds is 4. The summed E-state index contributed by atoms with van der Waals surface area (Å²) < 4.78 is 26.1. The molecule has 2 heterocycles. The van der Waals surface area contributed by atoms with E-state index >= 15 is 0 Å². The molecule has 20 heavy (non-hydrogen) atoms. The first-order valence-corrected chi connectivity index (χ1v) is 9.09. The molecular weight excluding hydrogens is 278 g/mol. The summed E-state index contributed by atoms with van der Waals surface area (Å²) in [5, 5.41) is 3.13. The fourth-order valence-corrected chi connectivity index (χ4v) is 4.57. The largest absolute Gasteiger partial charge is 0.342 e. The molecule has 0 aromatic carbocycles. The average molecular weight is 303 g/mol. The van der Waals surface area contributed by atoms with Crippen LogP contribution in [0.25, 0.3) is 0 Å². The maximum atomic E-state index is 12.3. The van der Waals surface area contributed by atoms with Crippen LogP contribution in [0.1, 0.15) is 26.2 Å². The maximum absolute atomic E-state index is 12.3. The van der Waals surface area contributed by atoms with Crippen LogP contribution >= 0.6 is 0 Å². The van der Waals surface area contributed by atoms with Crippen LogP contribution in [0, 0.1) is 5.92 Å². The number of likely N-dealkylation sites (tertiary alicyclic amines) is 1. The van der Waals surface area contributed by atoms with Gasteiger partial charge in [-0.05, 0) is 19.3 Å². The van der Waals surface area contributed by atoms with Crippen molar-refractivity contribution < 1.29 is 13.2 Å². The van der Waals surface area contributed by atoms with Crippen LogP contribution in [-0.2, 0) is 14.8 Å². The maximum Gasteiger partial charge on any atom is 0.226 e. The van der Waals surface area contributed by atoms with Gasteiger partial charge in [-0.15, -0.1) is 0 Å². The van der Waals surface area contributed by atoms with Crippen molar-refractivity contribution in [2.45, 2.75) is 26.2 Å². The van der Waals surface area contributed by atoms with Crippen molar-refractivity contribution in [2.24, 2.45) is 5.92 Å². The lowest BCUT2D eigenvalue weighted by molar-refractivity contribution is -0.135. The predicted octanol–water partition coefficient (Wildman–Crippen LogP) is -0.130. The molecule has 7 heteroatoms. The summed E-state index contributed by atoms with van der Waals surface area (Å²) in [5.41, 5.74) is 0. The molecule has 0 aliphatic carbocycles. The van der Waals surface area contributed by atoms with E-state index in [1.165, 1.54) is 4.31 Å². The minimum Gasteiger partial charge on any atom is -0.342 e. The van der Waals surface area contributed by atoms with Gasteiger partial charge in [0.1, 0.15) is 0 Å². The van der Waals surface area contributed by atoms with E-state index in [2.05, 4.69) is 5.32 Å². The third-order valence-electron chi connectivity index (χ3n) is 4.02. The summed E-state index contributed by atoms with van der Waals surface area (Å²) in [6.07, 6.45) is 3.23. The second-order valence-electron chi connectivity index (χ2n) is 5.71. The first kappa shape index (κ1) is 15.7. The van der Waals surface area contributed by atoms with Crippen molar-refractivity contribution in [3.8, 4) is 0 Å². The van der Waals surface area contributed by atoms with Crippen LogP contribution in [0.5, 0.6) is 0 Å². The van der Waals surface area contributed by atoms with Gasteiger partial charge in [-0.3, -0.25) is 4.79 Å².